The normalized spacial score (nSPS) is 17.6. The van der Waals surface area contributed by atoms with Crippen LogP contribution in [-0.2, 0) is 14.8 Å². The molecule has 1 amide bonds. The minimum absolute atomic E-state index is 0.0389. The summed E-state index contributed by atoms with van der Waals surface area (Å²) in [4.78, 5) is 15.1. The van der Waals surface area contributed by atoms with Crippen LogP contribution in [0.5, 0.6) is 0 Å². The highest BCUT2D eigenvalue weighted by molar-refractivity contribution is 7.89. The van der Waals surface area contributed by atoms with Gasteiger partial charge in [0.2, 0.25) is 10.0 Å². The number of aromatic nitrogens is 2. The van der Waals surface area contributed by atoms with Gasteiger partial charge in [-0.25, -0.2) is 13.1 Å². The van der Waals surface area contributed by atoms with Gasteiger partial charge in [-0.3, -0.25) is 4.79 Å². The number of para-hydroxylation sites is 1. The van der Waals surface area contributed by atoms with Crippen molar-refractivity contribution in [2.75, 3.05) is 26.2 Å². The number of likely N-dealkylation sites (tertiary alicyclic amines) is 1. The van der Waals surface area contributed by atoms with Crippen molar-refractivity contribution in [3.63, 3.8) is 0 Å². The van der Waals surface area contributed by atoms with Gasteiger partial charge in [-0.2, -0.15) is 14.7 Å². The molecule has 0 N–H and O–H groups in total. The summed E-state index contributed by atoms with van der Waals surface area (Å²) in [7, 11) is -3.66. The molecule has 202 valence electrons. The van der Waals surface area contributed by atoms with Gasteiger partial charge < -0.3 is 4.90 Å². The number of hydrogen-bond donors (Lipinski definition) is 0. The molecule has 39 heavy (non-hydrogen) atoms. The summed E-state index contributed by atoms with van der Waals surface area (Å²) in [6.45, 7) is 4.45. The molecule has 0 atom stereocenters. The minimum atomic E-state index is -3.66. The van der Waals surface area contributed by atoms with E-state index in [1.54, 1.807) is 44.4 Å². The fourth-order valence-corrected chi connectivity index (χ4v) is 6.69. The molecule has 0 bridgehead atoms. The monoisotopic (exact) mass is 543 g/mol. The van der Waals surface area contributed by atoms with Gasteiger partial charge in [0.05, 0.1) is 10.6 Å². The van der Waals surface area contributed by atoms with E-state index in [-0.39, 0.29) is 16.4 Å². The Bertz CT molecular complexity index is 1510. The second kappa shape index (κ2) is 11.6. The molecule has 0 spiro atoms. The van der Waals surface area contributed by atoms with Crippen LogP contribution in [0.4, 0.5) is 0 Å². The fourth-order valence-electron chi connectivity index (χ4n) is 5.17. The molecule has 0 saturated carbocycles. The van der Waals surface area contributed by atoms with E-state index in [1.807, 2.05) is 36.4 Å². The van der Waals surface area contributed by atoms with E-state index in [0.29, 0.717) is 48.9 Å². The van der Waals surface area contributed by atoms with Gasteiger partial charge in [-0.1, -0.05) is 37.3 Å². The Morgan fingerprint density at radius 2 is 1.72 bits per heavy atom. The molecule has 2 aliphatic heterocycles. The summed E-state index contributed by atoms with van der Waals surface area (Å²) in [5, 5.41) is 14.7. The molecule has 1 aromatic heterocycles. The van der Waals surface area contributed by atoms with Crippen LogP contribution >= 0.6 is 0 Å². The second-order valence-electron chi connectivity index (χ2n) is 10.4. The standard InChI is InChI=1S/C30H33N5O3S/c1-23-13-17-34(18-14-23)39(37,38)28-12-8-9-24(20-28)29-26(22-35(32-29)27-10-4-2-5-11-27)19-25(21-31)30(36)33-15-6-3-7-16-33/h2,4-5,8-12,19-20,22-23H,3,6-7,13-18H2,1H3. The number of benzene rings is 2. The van der Waals surface area contributed by atoms with Gasteiger partial charge in [0.1, 0.15) is 17.3 Å². The molecule has 0 aliphatic carbocycles. The molecule has 0 unspecified atom stereocenters. The van der Waals surface area contributed by atoms with Gasteiger partial charge in [0.25, 0.3) is 5.91 Å². The number of sulfonamides is 1. The van der Waals surface area contributed by atoms with Crippen LogP contribution in [0.2, 0.25) is 0 Å². The zero-order valence-corrected chi connectivity index (χ0v) is 23.0. The molecule has 2 aliphatic rings. The fraction of sp³-hybridized carbons (Fsp3) is 0.367. The highest BCUT2D eigenvalue weighted by Crippen LogP contribution is 2.30. The molecule has 2 fully saturated rings. The van der Waals surface area contributed by atoms with Gasteiger partial charge in [0, 0.05) is 43.5 Å². The second-order valence-corrected chi connectivity index (χ2v) is 12.3. The van der Waals surface area contributed by atoms with Crippen molar-refractivity contribution in [2.45, 2.75) is 43.9 Å². The number of carbonyl (C=O) groups is 1. The molecule has 3 aromatic rings. The van der Waals surface area contributed by atoms with E-state index in [2.05, 4.69) is 13.0 Å². The van der Waals surface area contributed by atoms with Crippen molar-refractivity contribution in [1.82, 2.24) is 19.0 Å². The highest BCUT2D eigenvalue weighted by atomic mass is 32.2. The molecule has 8 nitrogen and oxygen atoms in total. The summed E-state index contributed by atoms with van der Waals surface area (Å²) in [5.41, 5.74) is 2.53. The van der Waals surface area contributed by atoms with Crippen molar-refractivity contribution < 1.29 is 13.2 Å². The topological polar surface area (TPSA) is 99.3 Å². The summed E-state index contributed by atoms with van der Waals surface area (Å²) in [6, 6.07) is 18.4. The van der Waals surface area contributed by atoms with E-state index in [0.717, 1.165) is 37.8 Å². The van der Waals surface area contributed by atoms with Crippen molar-refractivity contribution in [1.29, 1.82) is 5.26 Å². The van der Waals surface area contributed by atoms with Crippen molar-refractivity contribution in [2.24, 2.45) is 5.92 Å². The molecule has 2 saturated heterocycles. The van der Waals surface area contributed by atoms with Crippen LogP contribution in [0.15, 0.2) is 71.3 Å². The molecule has 9 heteroatoms. The third-order valence-corrected chi connectivity index (χ3v) is 9.44. The summed E-state index contributed by atoms with van der Waals surface area (Å²) in [5.74, 6) is 0.229. The smallest absolute Gasteiger partial charge is 0.264 e. The van der Waals surface area contributed by atoms with E-state index in [1.165, 1.54) is 0 Å². The largest absolute Gasteiger partial charge is 0.338 e. The molecule has 5 rings (SSSR count). The average molecular weight is 544 g/mol. The van der Waals surface area contributed by atoms with Crippen LogP contribution < -0.4 is 0 Å². The first-order valence-corrected chi connectivity index (χ1v) is 15.0. The van der Waals surface area contributed by atoms with Crippen LogP contribution in [0, 0.1) is 17.2 Å². The summed E-state index contributed by atoms with van der Waals surface area (Å²) < 4.78 is 30.2. The number of hydrogen-bond acceptors (Lipinski definition) is 5. The Kier molecular flexibility index (Phi) is 7.96. The number of rotatable bonds is 6. The average Bonchev–Trinajstić information content (AvgIpc) is 3.41. The van der Waals surface area contributed by atoms with E-state index >= 15 is 0 Å². The van der Waals surface area contributed by atoms with Crippen LogP contribution in [0.25, 0.3) is 23.0 Å². The quantitative estimate of drug-likeness (QED) is 0.326. The van der Waals surface area contributed by atoms with Crippen LogP contribution in [0.1, 0.15) is 44.6 Å². The molecular formula is C30H33N5O3S. The van der Waals surface area contributed by atoms with Crippen molar-refractivity contribution in [3.8, 4) is 23.0 Å². The van der Waals surface area contributed by atoms with Gasteiger partial charge in [0.15, 0.2) is 0 Å². The zero-order valence-electron chi connectivity index (χ0n) is 22.2. The van der Waals surface area contributed by atoms with Crippen molar-refractivity contribution in [3.05, 3.63) is 71.9 Å². The Labute approximate surface area is 230 Å². The lowest BCUT2D eigenvalue weighted by Crippen LogP contribution is -2.37. The third kappa shape index (κ3) is 5.82. The maximum Gasteiger partial charge on any atom is 0.264 e. The van der Waals surface area contributed by atoms with Crippen LogP contribution in [-0.4, -0.2) is 59.5 Å². The first-order chi connectivity index (χ1) is 18.9. The zero-order chi connectivity index (χ0) is 27.4. The minimum Gasteiger partial charge on any atom is -0.338 e. The number of piperidine rings is 2. The predicted molar refractivity (Wildman–Crippen MR) is 150 cm³/mol. The lowest BCUT2D eigenvalue weighted by Gasteiger charge is -2.29. The Morgan fingerprint density at radius 3 is 2.41 bits per heavy atom. The van der Waals surface area contributed by atoms with Gasteiger partial charge >= 0.3 is 0 Å². The number of carbonyl (C=O) groups excluding carboxylic acids is 1. The first kappa shape index (κ1) is 26.9. The van der Waals surface area contributed by atoms with Gasteiger partial charge in [-0.05, 0) is 68.4 Å². The lowest BCUT2D eigenvalue weighted by atomic mass is 10.0. The number of nitriles is 1. The third-order valence-electron chi connectivity index (χ3n) is 7.55. The van der Waals surface area contributed by atoms with E-state index in [9.17, 15) is 18.5 Å². The first-order valence-electron chi connectivity index (χ1n) is 13.5. The molecule has 2 aromatic carbocycles. The Balaban J connectivity index is 1.56. The summed E-state index contributed by atoms with van der Waals surface area (Å²) in [6.07, 6.45) is 7.98. The number of nitrogens with zero attached hydrogens (tertiary/aromatic N) is 5. The Hall–Kier alpha value is -3.74. The van der Waals surface area contributed by atoms with Gasteiger partial charge in [-0.15, -0.1) is 0 Å². The van der Waals surface area contributed by atoms with Crippen LogP contribution in [0.3, 0.4) is 0 Å². The molecule has 0 radical (unpaired) electrons. The highest BCUT2D eigenvalue weighted by Gasteiger charge is 2.29. The lowest BCUT2D eigenvalue weighted by molar-refractivity contribution is -0.127. The number of amides is 1. The van der Waals surface area contributed by atoms with Crippen molar-refractivity contribution >= 4 is 22.0 Å². The van der Waals surface area contributed by atoms with E-state index in [4.69, 9.17) is 5.10 Å². The summed E-state index contributed by atoms with van der Waals surface area (Å²) >= 11 is 0. The molecular weight excluding hydrogens is 510 g/mol. The van der Waals surface area contributed by atoms with E-state index < -0.39 is 10.0 Å². The SMILES string of the molecule is CC1CCN(S(=O)(=O)c2cccc(-c3nn(-c4ccccc4)cc3C=C(C#N)C(=O)N3CCCCC3)c2)CC1. The maximum absolute atomic E-state index is 13.5. The maximum atomic E-state index is 13.5. The Morgan fingerprint density at radius 1 is 1.00 bits per heavy atom. The predicted octanol–water partition coefficient (Wildman–Crippen LogP) is 4.88. The molecule has 3 heterocycles.